The first-order valence-electron chi connectivity index (χ1n) is 8.28. The molecular weight excluding hydrogens is 376 g/mol. The average Bonchev–Trinajstić information content (AvgIpc) is 2.69. The predicted octanol–water partition coefficient (Wildman–Crippen LogP) is 2.96. The SMILES string of the molecule is CN(C)c1cnnc(Nc2ccc(NS(=O)(=O)c3ccccc3C#N)cc2)c1. The molecule has 0 amide bonds. The summed E-state index contributed by atoms with van der Waals surface area (Å²) in [5.41, 5.74) is 2.10. The Morgan fingerprint density at radius 3 is 2.39 bits per heavy atom. The topological polar surface area (TPSA) is 111 Å². The fourth-order valence-electron chi connectivity index (χ4n) is 2.44. The molecule has 0 fully saturated rings. The zero-order valence-electron chi connectivity index (χ0n) is 15.3. The lowest BCUT2D eigenvalue weighted by Gasteiger charge is -2.13. The first-order valence-corrected chi connectivity index (χ1v) is 9.76. The molecule has 28 heavy (non-hydrogen) atoms. The van der Waals surface area contributed by atoms with Gasteiger partial charge in [-0.1, -0.05) is 12.1 Å². The molecule has 0 bridgehead atoms. The van der Waals surface area contributed by atoms with Gasteiger partial charge in [0.1, 0.15) is 11.0 Å². The molecule has 2 aromatic carbocycles. The van der Waals surface area contributed by atoms with E-state index < -0.39 is 10.0 Å². The molecule has 0 saturated heterocycles. The van der Waals surface area contributed by atoms with Crippen LogP contribution in [0.1, 0.15) is 5.56 Å². The van der Waals surface area contributed by atoms with E-state index in [1.807, 2.05) is 31.1 Å². The van der Waals surface area contributed by atoms with Gasteiger partial charge in [-0.15, -0.1) is 5.10 Å². The summed E-state index contributed by atoms with van der Waals surface area (Å²) in [4.78, 5) is 1.85. The van der Waals surface area contributed by atoms with Crippen LogP contribution in [0.5, 0.6) is 0 Å². The summed E-state index contributed by atoms with van der Waals surface area (Å²) in [5.74, 6) is 0.572. The highest BCUT2D eigenvalue weighted by atomic mass is 32.2. The number of anilines is 4. The van der Waals surface area contributed by atoms with Crippen LogP contribution in [0.4, 0.5) is 22.9 Å². The largest absolute Gasteiger partial charge is 0.376 e. The minimum Gasteiger partial charge on any atom is -0.376 e. The second kappa shape index (κ2) is 7.94. The fourth-order valence-corrected chi connectivity index (χ4v) is 3.65. The van der Waals surface area contributed by atoms with E-state index >= 15 is 0 Å². The Labute approximate surface area is 163 Å². The van der Waals surface area contributed by atoms with Gasteiger partial charge in [0.25, 0.3) is 10.0 Å². The van der Waals surface area contributed by atoms with Crippen molar-refractivity contribution in [3.63, 3.8) is 0 Å². The Bertz CT molecular complexity index is 1120. The third kappa shape index (κ3) is 4.36. The van der Waals surface area contributed by atoms with Gasteiger partial charge in [0.05, 0.1) is 17.4 Å². The fraction of sp³-hybridized carbons (Fsp3) is 0.105. The summed E-state index contributed by atoms with van der Waals surface area (Å²) < 4.78 is 27.6. The smallest absolute Gasteiger partial charge is 0.263 e. The normalized spacial score (nSPS) is 10.8. The van der Waals surface area contributed by atoms with Crippen LogP contribution in [0.15, 0.2) is 65.7 Å². The molecule has 8 nitrogen and oxygen atoms in total. The second-order valence-electron chi connectivity index (χ2n) is 6.11. The van der Waals surface area contributed by atoms with E-state index in [9.17, 15) is 8.42 Å². The van der Waals surface area contributed by atoms with Gasteiger partial charge < -0.3 is 10.2 Å². The van der Waals surface area contributed by atoms with Gasteiger partial charge in [0, 0.05) is 31.5 Å². The highest BCUT2D eigenvalue weighted by Gasteiger charge is 2.18. The number of nitrogens with one attached hydrogen (secondary N) is 2. The molecule has 9 heteroatoms. The molecule has 0 aliphatic heterocycles. The molecule has 0 saturated carbocycles. The van der Waals surface area contributed by atoms with Gasteiger partial charge in [0.2, 0.25) is 0 Å². The number of rotatable bonds is 6. The molecule has 0 aliphatic carbocycles. The quantitative estimate of drug-likeness (QED) is 0.661. The van der Waals surface area contributed by atoms with Gasteiger partial charge in [0.15, 0.2) is 5.82 Å². The summed E-state index contributed by atoms with van der Waals surface area (Å²) in [6, 6.07) is 16.5. The number of hydrogen-bond acceptors (Lipinski definition) is 7. The minimum absolute atomic E-state index is 0.0597. The van der Waals surface area contributed by atoms with Crippen molar-refractivity contribution in [3.8, 4) is 6.07 Å². The number of sulfonamides is 1. The summed E-state index contributed by atoms with van der Waals surface area (Å²) in [6.07, 6.45) is 1.65. The van der Waals surface area contributed by atoms with Gasteiger partial charge in [-0.25, -0.2) is 8.42 Å². The molecular formula is C19H18N6O2S. The van der Waals surface area contributed by atoms with Crippen molar-refractivity contribution in [2.45, 2.75) is 4.90 Å². The molecule has 0 radical (unpaired) electrons. The van der Waals surface area contributed by atoms with Crippen LogP contribution in [0, 0.1) is 11.3 Å². The number of hydrogen-bond donors (Lipinski definition) is 2. The third-order valence-corrected chi connectivity index (χ3v) is 5.30. The molecule has 0 spiro atoms. The van der Waals surface area contributed by atoms with Crippen LogP contribution >= 0.6 is 0 Å². The first kappa shape index (κ1) is 19.1. The van der Waals surface area contributed by atoms with Crippen molar-refractivity contribution >= 4 is 32.9 Å². The maximum absolute atomic E-state index is 12.6. The van der Waals surface area contributed by atoms with Crippen LogP contribution in [0.3, 0.4) is 0 Å². The number of nitriles is 1. The highest BCUT2D eigenvalue weighted by molar-refractivity contribution is 7.92. The summed E-state index contributed by atoms with van der Waals surface area (Å²) >= 11 is 0. The Balaban J connectivity index is 1.76. The first-order chi connectivity index (χ1) is 13.4. The van der Waals surface area contributed by atoms with Crippen LogP contribution < -0.4 is 14.9 Å². The highest BCUT2D eigenvalue weighted by Crippen LogP contribution is 2.22. The van der Waals surface area contributed by atoms with Crippen LogP contribution in [0.2, 0.25) is 0 Å². The molecule has 1 aromatic heterocycles. The Hall–Kier alpha value is -3.64. The molecule has 3 aromatic rings. The monoisotopic (exact) mass is 394 g/mol. The van der Waals surface area contributed by atoms with E-state index in [0.29, 0.717) is 11.5 Å². The Kier molecular flexibility index (Phi) is 5.42. The van der Waals surface area contributed by atoms with Crippen molar-refractivity contribution in [2.75, 3.05) is 29.0 Å². The van der Waals surface area contributed by atoms with Crippen LogP contribution in [0.25, 0.3) is 0 Å². The summed E-state index contributed by atoms with van der Waals surface area (Å²) in [7, 11) is -0.0460. The Morgan fingerprint density at radius 2 is 1.71 bits per heavy atom. The van der Waals surface area contributed by atoms with Gasteiger partial charge in [-0.3, -0.25) is 4.72 Å². The van der Waals surface area contributed by atoms with E-state index in [1.54, 1.807) is 42.6 Å². The number of aromatic nitrogens is 2. The second-order valence-corrected chi connectivity index (χ2v) is 7.76. The lowest BCUT2D eigenvalue weighted by molar-refractivity contribution is 0.601. The maximum Gasteiger partial charge on any atom is 0.263 e. The molecule has 0 aliphatic rings. The van der Waals surface area contributed by atoms with Gasteiger partial charge >= 0.3 is 0 Å². The van der Waals surface area contributed by atoms with Crippen molar-refractivity contribution in [3.05, 3.63) is 66.4 Å². The third-order valence-electron chi connectivity index (χ3n) is 3.86. The zero-order chi connectivity index (χ0) is 20.1. The van der Waals surface area contributed by atoms with E-state index in [-0.39, 0.29) is 10.5 Å². The number of benzene rings is 2. The molecule has 1 heterocycles. The molecule has 2 N–H and O–H groups in total. The van der Waals surface area contributed by atoms with Crippen molar-refractivity contribution in [1.29, 1.82) is 5.26 Å². The molecule has 0 unspecified atom stereocenters. The summed E-state index contributed by atoms with van der Waals surface area (Å²) in [6.45, 7) is 0. The summed E-state index contributed by atoms with van der Waals surface area (Å²) in [5, 5.41) is 20.2. The Morgan fingerprint density at radius 1 is 1.04 bits per heavy atom. The standard InChI is InChI=1S/C19H18N6O2S/c1-25(2)17-11-19(23-21-13-17)22-15-7-9-16(10-8-15)24-28(26,27)18-6-4-3-5-14(18)12-20/h3-11,13,24H,1-2H3,(H,22,23). The van der Waals surface area contributed by atoms with Gasteiger partial charge in [-0.2, -0.15) is 10.4 Å². The van der Waals surface area contributed by atoms with Crippen molar-refractivity contribution < 1.29 is 8.42 Å². The molecule has 3 rings (SSSR count). The average molecular weight is 394 g/mol. The van der Waals surface area contributed by atoms with E-state index in [2.05, 4.69) is 20.2 Å². The van der Waals surface area contributed by atoms with Crippen molar-refractivity contribution in [1.82, 2.24) is 10.2 Å². The van der Waals surface area contributed by atoms with Crippen LogP contribution in [-0.4, -0.2) is 32.7 Å². The lowest BCUT2D eigenvalue weighted by Crippen LogP contribution is -2.14. The molecule has 0 atom stereocenters. The van der Waals surface area contributed by atoms with E-state index in [1.165, 1.54) is 12.1 Å². The minimum atomic E-state index is -3.86. The van der Waals surface area contributed by atoms with E-state index in [4.69, 9.17) is 5.26 Å². The van der Waals surface area contributed by atoms with Crippen molar-refractivity contribution in [2.24, 2.45) is 0 Å². The number of nitrogens with zero attached hydrogens (tertiary/aromatic N) is 4. The zero-order valence-corrected chi connectivity index (χ0v) is 16.1. The van der Waals surface area contributed by atoms with Gasteiger partial charge in [-0.05, 0) is 36.4 Å². The van der Waals surface area contributed by atoms with E-state index in [0.717, 1.165) is 11.4 Å². The lowest BCUT2D eigenvalue weighted by atomic mass is 10.2. The maximum atomic E-state index is 12.6. The van der Waals surface area contributed by atoms with Crippen LogP contribution in [-0.2, 0) is 10.0 Å². The predicted molar refractivity (Wildman–Crippen MR) is 108 cm³/mol. The molecule has 142 valence electrons.